The Morgan fingerprint density at radius 2 is 2.14 bits per heavy atom. The van der Waals surface area contributed by atoms with Crippen molar-refractivity contribution >= 4 is 11.7 Å². The standard InChI is InChI=1S/C17H26N2O2/c1-5-19(17(2,3)16(20)21)12-13-8-9-15-14(11-13)7-6-10-18(15)4/h8-9,11H,5-7,10,12H2,1-4H3,(H,20,21). The zero-order chi connectivity index (χ0) is 15.6. The van der Waals surface area contributed by atoms with Gasteiger partial charge in [0.15, 0.2) is 0 Å². The second-order valence-corrected chi connectivity index (χ2v) is 6.37. The summed E-state index contributed by atoms with van der Waals surface area (Å²) in [5.41, 5.74) is 3.04. The van der Waals surface area contributed by atoms with E-state index in [4.69, 9.17) is 0 Å². The molecule has 0 spiro atoms. The number of carboxylic acids is 1. The van der Waals surface area contributed by atoms with Gasteiger partial charge in [-0.25, -0.2) is 0 Å². The largest absolute Gasteiger partial charge is 0.480 e. The first-order chi connectivity index (χ1) is 9.86. The Kier molecular flexibility index (Phi) is 4.57. The van der Waals surface area contributed by atoms with Gasteiger partial charge >= 0.3 is 5.97 Å². The Morgan fingerprint density at radius 1 is 1.43 bits per heavy atom. The highest BCUT2D eigenvalue weighted by molar-refractivity contribution is 5.77. The number of aliphatic carboxylic acids is 1. The Morgan fingerprint density at radius 3 is 2.76 bits per heavy atom. The van der Waals surface area contributed by atoms with E-state index in [1.165, 1.54) is 23.2 Å². The molecule has 0 saturated carbocycles. The van der Waals surface area contributed by atoms with Gasteiger partial charge < -0.3 is 10.0 Å². The van der Waals surface area contributed by atoms with Crippen molar-refractivity contribution in [1.29, 1.82) is 0 Å². The smallest absolute Gasteiger partial charge is 0.323 e. The van der Waals surface area contributed by atoms with Crippen LogP contribution in [0.5, 0.6) is 0 Å². The molecule has 0 fully saturated rings. The van der Waals surface area contributed by atoms with E-state index in [-0.39, 0.29) is 0 Å². The molecule has 1 aliphatic heterocycles. The summed E-state index contributed by atoms with van der Waals surface area (Å²) in [6, 6.07) is 6.54. The van der Waals surface area contributed by atoms with Gasteiger partial charge in [-0.1, -0.05) is 19.1 Å². The van der Waals surface area contributed by atoms with Crippen LogP contribution >= 0.6 is 0 Å². The molecule has 1 aromatic carbocycles. The molecule has 2 rings (SSSR count). The van der Waals surface area contributed by atoms with Crippen LogP contribution in [0.4, 0.5) is 5.69 Å². The van der Waals surface area contributed by atoms with Gasteiger partial charge in [0, 0.05) is 25.8 Å². The number of carboxylic acid groups (broad SMARTS) is 1. The number of hydrogen-bond donors (Lipinski definition) is 1. The third-order valence-corrected chi connectivity index (χ3v) is 4.56. The van der Waals surface area contributed by atoms with Crippen LogP contribution in [0.25, 0.3) is 0 Å². The average Bonchev–Trinajstić information content (AvgIpc) is 2.44. The molecule has 0 bridgehead atoms. The monoisotopic (exact) mass is 290 g/mol. The number of likely N-dealkylation sites (N-methyl/N-ethyl adjacent to an activating group) is 1. The van der Waals surface area contributed by atoms with Crippen molar-refractivity contribution < 1.29 is 9.90 Å². The van der Waals surface area contributed by atoms with E-state index in [2.05, 4.69) is 30.1 Å². The van der Waals surface area contributed by atoms with Gasteiger partial charge in [-0.3, -0.25) is 9.69 Å². The summed E-state index contributed by atoms with van der Waals surface area (Å²) in [7, 11) is 2.13. The van der Waals surface area contributed by atoms with Gasteiger partial charge in [0.2, 0.25) is 0 Å². The molecule has 0 saturated heterocycles. The molecule has 0 aromatic heterocycles. The molecular formula is C17H26N2O2. The highest BCUT2D eigenvalue weighted by atomic mass is 16.4. The third kappa shape index (κ3) is 3.21. The highest BCUT2D eigenvalue weighted by Crippen LogP contribution is 2.28. The first-order valence-corrected chi connectivity index (χ1v) is 7.67. The summed E-state index contributed by atoms with van der Waals surface area (Å²) < 4.78 is 0. The number of benzene rings is 1. The van der Waals surface area contributed by atoms with Crippen molar-refractivity contribution in [2.24, 2.45) is 0 Å². The number of nitrogens with zero attached hydrogens (tertiary/aromatic N) is 2. The van der Waals surface area contributed by atoms with E-state index in [0.29, 0.717) is 6.54 Å². The first-order valence-electron chi connectivity index (χ1n) is 7.67. The van der Waals surface area contributed by atoms with E-state index in [9.17, 15) is 9.90 Å². The minimum atomic E-state index is -0.846. The fourth-order valence-electron chi connectivity index (χ4n) is 3.00. The van der Waals surface area contributed by atoms with Crippen molar-refractivity contribution in [3.8, 4) is 0 Å². The maximum Gasteiger partial charge on any atom is 0.323 e. The molecule has 1 aromatic rings. The van der Waals surface area contributed by atoms with Crippen LogP contribution in [0.2, 0.25) is 0 Å². The predicted molar refractivity (Wildman–Crippen MR) is 85.8 cm³/mol. The summed E-state index contributed by atoms with van der Waals surface area (Å²) in [5.74, 6) is -0.776. The van der Waals surface area contributed by atoms with E-state index < -0.39 is 11.5 Å². The summed E-state index contributed by atoms with van der Waals surface area (Å²) >= 11 is 0. The zero-order valence-electron chi connectivity index (χ0n) is 13.5. The van der Waals surface area contributed by atoms with Crippen molar-refractivity contribution in [1.82, 2.24) is 4.90 Å². The van der Waals surface area contributed by atoms with Crippen molar-refractivity contribution in [2.45, 2.75) is 45.7 Å². The van der Waals surface area contributed by atoms with Crippen molar-refractivity contribution in [3.63, 3.8) is 0 Å². The Bertz CT molecular complexity index is 526. The van der Waals surface area contributed by atoms with Crippen LogP contribution in [0.3, 0.4) is 0 Å². The van der Waals surface area contributed by atoms with Crippen LogP contribution in [-0.4, -0.2) is 41.7 Å². The Labute approximate surface area is 127 Å². The van der Waals surface area contributed by atoms with Gasteiger partial charge in [0.25, 0.3) is 0 Å². The van der Waals surface area contributed by atoms with Crippen LogP contribution in [0.15, 0.2) is 18.2 Å². The fourth-order valence-corrected chi connectivity index (χ4v) is 3.00. The summed E-state index contributed by atoms with van der Waals surface area (Å²) in [5, 5.41) is 9.40. The minimum absolute atomic E-state index is 0.673. The molecule has 0 atom stereocenters. The van der Waals surface area contributed by atoms with Crippen LogP contribution < -0.4 is 4.90 Å². The second-order valence-electron chi connectivity index (χ2n) is 6.37. The van der Waals surface area contributed by atoms with Gasteiger partial charge in [0.05, 0.1) is 0 Å². The van der Waals surface area contributed by atoms with Crippen molar-refractivity contribution in [3.05, 3.63) is 29.3 Å². The number of hydrogen-bond acceptors (Lipinski definition) is 3. The lowest BCUT2D eigenvalue weighted by Crippen LogP contribution is -2.49. The number of fused-ring (bicyclic) bond motifs is 1. The lowest BCUT2D eigenvalue weighted by atomic mass is 9.97. The molecular weight excluding hydrogens is 264 g/mol. The molecule has 0 radical (unpaired) electrons. The Balaban J connectivity index is 2.21. The molecule has 1 aliphatic rings. The lowest BCUT2D eigenvalue weighted by molar-refractivity contribution is -0.149. The normalized spacial score (nSPS) is 15.2. The maximum atomic E-state index is 11.4. The molecule has 21 heavy (non-hydrogen) atoms. The van der Waals surface area contributed by atoms with Crippen molar-refractivity contribution in [2.75, 3.05) is 25.0 Å². The molecule has 1 N–H and O–H groups in total. The van der Waals surface area contributed by atoms with E-state index >= 15 is 0 Å². The quantitative estimate of drug-likeness (QED) is 0.905. The number of rotatable bonds is 5. The SMILES string of the molecule is CCN(Cc1ccc2c(c1)CCCN2C)C(C)(C)C(=O)O. The Hall–Kier alpha value is -1.55. The van der Waals surface area contributed by atoms with Gasteiger partial charge in [0.1, 0.15) is 5.54 Å². The third-order valence-electron chi connectivity index (χ3n) is 4.56. The minimum Gasteiger partial charge on any atom is -0.480 e. The molecule has 4 nitrogen and oxygen atoms in total. The maximum absolute atomic E-state index is 11.4. The molecule has 0 aliphatic carbocycles. The lowest BCUT2D eigenvalue weighted by Gasteiger charge is -2.34. The number of aryl methyl sites for hydroxylation is 1. The first kappa shape index (κ1) is 15.8. The fraction of sp³-hybridized carbons (Fsp3) is 0.588. The zero-order valence-corrected chi connectivity index (χ0v) is 13.5. The molecule has 0 amide bonds. The van der Waals surface area contributed by atoms with Gasteiger partial charge in [-0.15, -0.1) is 0 Å². The summed E-state index contributed by atoms with van der Waals surface area (Å²) in [6.45, 7) is 8.05. The van der Waals surface area contributed by atoms with Gasteiger partial charge in [-0.2, -0.15) is 0 Å². The number of anilines is 1. The predicted octanol–water partition coefficient (Wildman–Crippen LogP) is 2.75. The molecule has 116 valence electrons. The van der Waals surface area contributed by atoms with E-state index in [1.807, 2.05) is 11.8 Å². The van der Waals surface area contributed by atoms with E-state index in [0.717, 1.165) is 19.5 Å². The second kappa shape index (κ2) is 6.06. The van der Waals surface area contributed by atoms with E-state index in [1.54, 1.807) is 13.8 Å². The van der Waals surface area contributed by atoms with Crippen LogP contribution in [0.1, 0.15) is 38.3 Å². The topological polar surface area (TPSA) is 43.8 Å². The van der Waals surface area contributed by atoms with Gasteiger partial charge in [-0.05, 0) is 50.4 Å². The molecule has 4 heteroatoms. The average molecular weight is 290 g/mol. The highest BCUT2D eigenvalue weighted by Gasteiger charge is 2.33. The van der Waals surface area contributed by atoms with Crippen LogP contribution in [-0.2, 0) is 17.8 Å². The van der Waals surface area contributed by atoms with Crippen LogP contribution in [0, 0.1) is 0 Å². The summed E-state index contributed by atoms with van der Waals surface area (Å²) in [4.78, 5) is 15.7. The molecule has 1 heterocycles. The molecule has 0 unspecified atom stereocenters. The number of carbonyl (C=O) groups is 1. The summed E-state index contributed by atoms with van der Waals surface area (Å²) in [6.07, 6.45) is 2.30.